The van der Waals surface area contributed by atoms with Gasteiger partial charge >= 0.3 is 11.0 Å². The summed E-state index contributed by atoms with van der Waals surface area (Å²) < 4.78 is 18.9. The summed E-state index contributed by atoms with van der Waals surface area (Å²) in [5, 5.41) is -2.67. The molecule has 0 aliphatic carbocycles. The normalized spacial score (nSPS) is 13.8. The summed E-state index contributed by atoms with van der Waals surface area (Å²) in [6, 6.07) is 8.42. The van der Waals surface area contributed by atoms with Gasteiger partial charge in [-0.25, -0.2) is 9.18 Å². The second-order valence-electron chi connectivity index (χ2n) is 3.29. The third-order valence-electron chi connectivity index (χ3n) is 1.99. The van der Waals surface area contributed by atoms with Gasteiger partial charge in [0.05, 0.1) is 6.61 Å². The number of alkyl halides is 1. The topological polar surface area (TPSA) is 43.4 Å². The second kappa shape index (κ2) is 5.82. The van der Waals surface area contributed by atoms with Crippen LogP contribution in [0.2, 0.25) is 0 Å². The van der Waals surface area contributed by atoms with Crippen LogP contribution in [0.3, 0.4) is 0 Å². The number of benzene rings is 1. The Bertz CT molecular complexity index is 407. The van der Waals surface area contributed by atoms with E-state index in [1.807, 2.05) is 0 Å². The molecule has 0 saturated heterocycles. The van der Waals surface area contributed by atoms with E-state index in [9.17, 15) is 14.0 Å². The summed E-state index contributed by atoms with van der Waals surface area (Å²) in [6.07, 6.45) is 0. The van der Waals surface area contributed by atoms with Crippen molar-refractivity contribution in [3.63, 3.8) is 0 Å². The molecule has 92 valence electrons. The molecule has 0 fully saturated rings. The van der Waals surface area contributed by atoms with Gasteiger partial charge in [-0.3, -0.25) is 4.79 Å². The first-order valence-corrected chi connectivity index (χ1v) is 5.93. The highest BCUT2D eigenvalue weighted by atomic mass is 32.2. The maximum atomic E-state index is 14.3. The summed E-state index contributed by atoms with van der Waals surface area (Å²) in [5.74, 6) is -2.02. The molecule has 0 aliphatic rings. The molecular formula is C12H13FO3S. The van der Waals surface area contributed by atoms with Crippen LogP contribution in [-0.2, 0) is 14.3 Å². The minimum absolute atomic E-state index is 0.0349. The molecule has 3 nitrogen and oxygen atoms in total. The minimum atomic E-state index is -2.67. The number of ether oxygens (including phenoxy) is 1. The van der Waals surface area contributed by atoms with Gasteiger partial charge in [0.1, 0.15) is 0 Å². The Kier molecular flexibility index (Phi) is 4.69. The van der Waals surface area contributed by atoms with Crippen LogP contribution in [0.4, 0.5) is 4.39 Å². The molecule has 0 saturated carbocycles. The van der Waals surface area contributed by atoms with E-state index < -0.39 is 16.8 Å². The van der Waals surface area contributed by atoms with Crippen molar-refractivity contribution >= 4 is 23.5 Å². The Morgan fingerprint density at radius 1 is 1.35 bits per heavy atom. The van der Waals surface area contributed by atoms with Gasteiger partial charge in [-0.1, -0.05) is 30.0 Å². The number of thioether (sulfide) groups is 1. The van der Waals surface area contributed by atoms with Crippen LogP contribution >= 0.6 is 11.8 Å². The van der Waals surface area contributed by atoms with E-state index in [0.29, 0.717) is 16.7 Å². The third-order valence-corrected chi connectivity index (χ3v) is 3.24. The molecule has 1 rings (SSSR count). The first-order valence-electron chi connectivity index (χ1n) is 5.12. The van der Waals surface area contributed by atoms with Crippen molar-refractivity contribution in [1.82, 2.24) is 0 Å². The molecule has 0 amide bonds. The molecule has 1 unspecified atom stereocenters. The van der Waals surface area contributed by atoms with E-state index in [2.05, 4.69) is 4.74 Å². The fourth-order valence-electron chi connectivity index (χ4n) is 1.13. The zero-order chi connectivity index (χ0) is 12.9. The predicted molar refractivity (Wildman–Crippen MR) is 63.5 cm³/mol. The third kappa shape index (κ3) is 3.30. The highest BCUT2D eigenvalue weighted by Crippen LogP contribution is 2.36. The summed E-state index contributed by atoms with van der Waals surface area (Å²) in [6.45, 7) is 2.63. The predicted octanol–water partition coefficient (Wildman–Crippen LogP) is 2.60. The Labute approximate surface area is 103 Å². The fraction of sp³-hybridized carbons (Fsp3) is 0.333. The zero-order valence-electron chi connectivity index (χ0n) is 9.60. The molecular weight excluding hydrogens is 243 g/mol. The molecule has 0 bridgehead atoms. The van der Waals surface area contributed by atoms with E-state index in [1.165, 1.54) is 0 Å². The van der Waals surface area contributed by atoms with Gasteiger partial charge in [0.2, 0.25) is 0 Å². The van der Waals surface area contributed by atoms with Crippen LogP contribution in [0, 0.1) is 0 Å². The number of halogens is 1. The SMILES string of the molecule is CCOC(=O)C(F)(Sc1ccccc1)C(C)=O. The highest BCUT2D eigenvalue weighted by molar-refractivity contribution is 8.02. The largest absolute Gasteiger partial charge is 0.463 e. The van der Waals surface area contributed by atoms with E-state index in [4.69, 9.17) is 0 Å². The van der Waals surface area contributed by atoms with Crippen molar-refractivity contribution in [2.75, 3.05) is 6.61 Å². The van der Waals surface area contributed by atoms with Gasteiger partial charge in [0, 0.05) is 4.90 Å². The van der Waals surface area contributed by atoms with Crippen LogP contribution in [-0.4, -0.2) is 23.4 Å². The quantitative estimate of drug-likeness (QED) is 0.461. The molecule has 1 atom stereocenters. The first kappa shape index (κ1) is 13.7. The van der Waals surface area contributed by atoms with Gasteiger partial charge in [-0.05, 0) is 26.0 Å². The number of carbonyl (C=O) groups is 2. The lowest BCUT2D eigenvalue weighted by Gasteiger charge is -2.19. The Balaban J connectivity index is 2.93. The maximum Gasteiger partial charge on any atom is 0.362 e. The number of carbonyl (C=O) groups excluding carboxylic acids is 2. The molecule has 0 aliphatic heterocycles. The van der Waals surface area contributed by atoms with Crippen molar-refractivity contribution < 1.29 is 18.7 Å². The van der Waals surface area contributed by atoms with Crippen LogP contribution in [0.5, 0.6) is 0 Å². The van der Waals surface area contributed by atoms with Crippen molar-refractivity contribution in [3.8, 4) is 0 Å². The summed E-state index contributed by atoms with van der Waals surface area (Å²) in [4.78, 5) is 23.3. The van der Waals surface area contributed by atoms with Crippen LogP contribution in [0.1, 0.15) is 13.8 Å². The maximum absolute atomic E-state index is 14.3. The highest BCUT2D eigenvalue weighted by Gasteiger charge is 2.46. The summed E-state index contributed by atoms with van der Waals surface area (Å²) in [5.41, 5.74) is 0. The van der Waals surface area contributed by atoms with Gasteiger partial charge in [-0.2, -0.15) is 0 Å². The molecule has 5 heteroatoms. The van der Waals surface area contributed by atoms with E-state index in [-0.39, 0.29) is 6.61 Å². The van der Waals surface area contributed by atoms with Gasteiger partial charge in [-0.15, -0.1) is 0 Å². The lowest BCUT2D eigenvalue weighted by molar-refractivity contribution is -0.154. The number of rotatable bonds is 5. The smallest absolute Gasteiger partial charge is 0.362 e. The zero-order valence-corrected chi connectivity index (χ0v) is 10.4. The average Bonchev–Trinajstić information content (AvgIpc) is 2.30. The van der Waals surface area contributed by atoms with Crippen molar-refractivity contribution in [2.45, 2.75) is 23.7 Å². The van der Waals surface area contributed by atoms with Crippen molar-refractivity contribution in [1.29, 1.82) is 0 Å². The van der Waals surface area contributed by atoms with Gasteiger partial charge in [0.25, 0.3) is 0 Å². The average molecular weight is 256 g/mol. The van der Waals surface area contributed by atoms with Crippen molar-refractivity contribution in [3.05, 3.63) is 30.3 Å². The number of ketones is 1. The van der Waals surface area contributed by atoms with E-state index >= 15 is 0 Å². The van der Waals surface area contributed by atoms with E-state index in [1.54, 1.807) is 37.3 Å². The fourth-order valence-corrected chi connectivity index (χ4v) is 2.04. The van der Waals surface area contributed by atoms with Crippen LogP contribution < -0.4 is 0 Å². The van der Waals surface area contributed by atoms with Gasteiger partial charge in [0.15, 0.2) is 5.78 Å². The minimum Gasteiger partial charge on any atom is -0.463 e. The Hall–Kier alpha value is -1.36. The number of esters is 1. The lowest BCUT2D eigenvalue weighted by Crippen LogP contribution is -2.39. The lowest BCUT2D eigenvalue weighted by atomic mass is 10.3. The monoisotopic (exact) mass is 256 g/mol. The number of hydrogen-bond acceptors (Lipinski definition) is 4. The Morgan fingerprint density at radius 2 is 1.94 bits per heavy atom. The molecule has 0 aromatic heterocycles. The molecule has 0 heterocycles. The first-order chi connectivity index (χ1) is 8.00. The second-order valence-corrected chi connectivity index (χ2v) is 4.53. The standard InChI is InChI=1S/C12H13FO3S/c1-3-16-11(15)12(13,9(2)14)17-10-7-5-4-6-8-10/h4-8H,3H2,1-2H3. The number of hydrogen-bond donors (Lipinski definition) is 0. The number of Topliss-reactive ketones (excluding diaryl/α,β-unsaturated/α-hetero) is 1. The van der Waals surface area contributed by atoms with Crippen LogP contribution in [0.25, 0.3) is 0 Å². The summed E-state index contributed by atoms with van der Waals surface area (Å²) >= 11 is 0.556. The molecule has 0 N–H and O–H groups in total. The Morgan fingerprint density at radius 3 is 2.41 bits per heavy atom. The van der Waals surface area contributed by atoms with Gasteiger partial charge < -0.3 is 4.74 Å². The molecule has 1 aromatic rings. The molecule has 17 heavy (non-hydrogen) atoms. The molecule has 0 spiro atoms. The molecule has 0 radical (unpaired) electrons. The van der Waals surface area contributed by atoms with Crippen LogP contribution in [0.15, 0.2) is 35.2 Å². The summed E-state index contributed by atoms with van der Waals surface area (Å²) in [7, 11) is 0. The van der Waals surface area contributed by atoms with Crippen molar-refractivity contribution in [2.24, 2.45) is 0 Å². The van der Waals surface area contributed by atoms with E-state index in [0.717, 1.165) is 6.92 Å². The molecule has 1 aromatic carbocycles.